The molecule has 1 fully saturated rings. The zero-order valence-corrected chi connectivity index (χ0v) is 18.8. The summed E-state index contributed by atoms with van der Waals surface area (Å²) in [5.74, 6) is -1.15. The number of H-pyrrole nitrogens is 1. The number of hydrogen-bond donors (Lipinski definition) is 2. The Bertz CT molecular complexity index is 1480. The molecule has 1 aliphatic rings. The van der Waals surface area contributed by atoms with Gasteiger partial charge in [-0.3, -0.25) is 19.4 Å². The van der Waals surface area contributed by atoms with E-state index < -0.39 is 11.7 Å². The number of carbonyl (C=O) groups excluding carboxylic acids is 3. The lowest BCUT2D eigenvalue weighted by Crippen LogP contribution is -2.50. The highest BCUT2D eigenvalue weighted by molar-refractivity contribution is 6.45. The van der Waals surface area contributed by atoms with E-state index in [-0.39, 0.29) is 24.6 Å². The van der Waals surface area contributed by atoms with Crippen LogP contribution >= 0.6 is 0 Å². The summed E-state index contributed by atoms with van der Waals surface area (Å²) in [6.45, 7) is 4.60. The zero-order chi connectivity index (χ0) is 24.5. The number of aromatic amines is 1. The van der Waals surface area contributed by atoms with Crippen LogP contribution in [0.2, 0.25) is 0 Å². The number of hydrogen-bond acceptors (Lipinski definition) is 6. The predicted molar refractivity (Wildman–Crippen MR) is 131 cm³/mol. The number of pyridine rings is 2. The van der Waals surface area contributed by atoms with E-state index in [1.54, 1.807) is 59.6 Å². The third kappa shape index (κ3) is 4.04. The first-order valence-electron chi connectivity index (χ1n) is 11.0. The Morgan fingerprint density at radius 2 is 1.80 bits per heavy atom. The average molecular weight is 467 g/mol. The van der Waals surface area contributed by atoms with Crippen LogP contribution in [0.1, 0.15) is 20.7 Å². The van der Waals surface area contributed by atoms with E-state index in [0.29, 0.717) is 45.9 Å². The Balaban J connectivity index is 1.36. The highest BCUT2D eigenvalue weighted by atomic mass is 16.2. The maximum Gasteiger partial charge on any atom is 0.299 e. The van der Waals surface area contributed by atoms with E-state index >= 15 is 0 Å². The Labute approximate surface area is 200 Å². The maximum absolute atomic E-state index is 13.2. The second kappa shape index (κ2) is 8.86. The number of fused-ring (bicyclic) bond motifs is 1. The number of nitrogens with two attached hydrogens (primary N) is 1. The summed E-state index contributed by atoms with van der Waals surface area (Å²) in [5, 5.41) is 0.557. The minimum atomic E-state index is -0.692. The Hall–Kier alpha value is -4.79. The number of carbonyl (C=O) groups is 3. The van der Waals surface area contributed by atoms with Crippen LogP contribution in [0, 0.1) is 0 Å². The molecule has 1 saturated heterocycles. The van der Waals surface area contributed by atoms with Gasteiger partial charge in [0.1, 0.15) is 11.5 Å². The number of nitrogen functional groups attached to an aromatic ring is 1. The molecule has 4 heterocycles. The minimum absolute atomic E-state index is 0.142. The SMILES string of the molecule is C=C1CN(C(=O)c2ccccc2)CCN1C(=O)C(=O)c1c[nH]c2c(-c3cccc(N)n3)nccc12. The van der Waals surface area contributed by atoms with Crippen molar-refractivity contribution in [1.82, 2.24) is 24.8 Å². The van der Waals surface area contributed by atoms with E-state index in [0.717, 1.165) is 0 Å². The monoisotopic (exact) mass is 466 g/mol. The highest BCUT2D eigenvalue weighted by Gasteiger charge is 2.32. The molecule has 5 rings (SSSR count). The number of rotatable bonds is 4. The topological polar surface area (TPSA) is 125 Å². The molecule has 4 aromatic rings. The molecular formula is C26H22N6O3. The molecular weight excluding hydrogens is 444 g/mol. The predicted octanol–water partition coefficient (Wildman–Crippen LogP) is 2.89. The van der Waals surface area contributed by atoms with Crippen molar-refractivity contribution in [3.05, 3.63) is 90.4 Å². The van der Waals surface area contributed by atoms with Gasteiger partial charge in [-0.1, -0.05) is 30.8 Å². The van der Waals surface area contributed by atoms with E-state index in [1.807, 2.05) is 6.07 Å². The third-order valence-electron chi connectivity index (χ3n) is 5.96. The molecule has 3 aromatic heterocycles. The lowest BCUT2D eigenvalue weighted by molar-refractivity contribution is -0.125. The molecule has 0 saturated carbocycles. The van der Waals surface area contributed by atoms with Crippen LogP contribution in [-0.4, -0.2) is 62.0 Å². The number of nitrogens with one attached hydrogen (secondary N) is 1. The second-order valence-corrected chi connectivity index (χ2v) is 8.18. The van der Waals surface area contributed by atoms with Crippen molar-refractivity contribution in [2.24, 2.45) is 0 Å². The fraction of sp³-hybridized carbons (Fsp3) is 0.115. The molecule has 9 heteroatoms. The van der Waals surface area contributed by atoms with Crippen LogP contribution in [0.15, 0.2) is 79.3 Å². The molecule has 0 aliphatic carbocycles. The van der Waals surface area contributed by atoms with E-state index in [4.69, 9.17) is 5.73 Å². The molecule has 0 unspecified atom stereocenters. The van der Waals surface area contributed by atoms with Crippen LogP contribution in [0.3, 0.4) is 0 Å². The number of benzene rings is 1. The Morgan fingerprint density at radius 1 is 1.00 bits per heavy atom. The lowest BCUT2D eigenvalue weighted by atomic mass is 10.1. The summed E-state index contributed by atoms with van der Waals surface area (Å²) in [4.78, 5) is 53.8. The van der Waals surface area contributed by atoms with Crippen molar-refractivity contribution in [1.29, 1.82) is 0 Å². The number of nitrogens with zero attached hydrogens (tertiary/aromatic N) is 4. The summed E-state index contributed by atoms with van der Waals surface area (Å²) >= 11 is 0. The molecule has 2 amide bonds. The summed E-state index contributed by atoms with van der Waals surface area (Å²) in [6, 6.07) is 15.8. The summed E-state index contributed by atoms with van der Waals surface area (Å²) in [6.07, 6.45) is 3.06. The highest BCUT2D eigenvalue weighted by Crippen LogP contribution is 2.28. The van der Waals surface area contributed by atoms with E-state index in [2.05, 4.69) is 21.5 Å². The number of Topliss-reactive ketones (excluding diaryl/α,β-unsaturated/α-hetero) is 1. The molecule has 0 bridgehead atoms. The molecule has 1 aromatic carbocycles. The normalized spacial score (nSPS) is 13.8. The van der Waals surface area contributed by atoms with Gasteiger partial charge in [-0.2, -0.15) is 0 Å². The van der Waals surface area contributed by atoms with Crippen molar-refractivity contribution in [2.75, 3.05) is 25.4 Å². The van der Waals surface area contributed by atoms with Gasteiger partial charge < -0.3 is 20.5 Å². The molecule has 35 heavy (non-hydrogen) atoms. The minimum Gasteiger partial charge on any atom is -0.384 e. The lowest BCUT2D eigenvalue weighted by Gasteiger charge is -2.36. The second-order valence-electron chi connectivity index (χ2n) is 8.18. The van der Waals surface area contributed by atoms with Crippen molar-refractivity contribution < 1.29 is 14.4 Å². The van der Waals surface area contributed by atoms with E-state index in [1.165, 1.54) is 11.1 Å². The largest absolute Gasteiger partial charge is 0.384 e. The molecule has 174 valence electrons. The van der Waals surface area contributed by atoms with Gasteiger partial charge in [0, 0.05) is 42.1 Å². The van der Waals surface area contributed by atoms with Gasteiger partial charge >= 0.3 is 0 Å². The number of anilines is 1. The molecule has 3 N–H and O–H groups in total. The summed E-state index contributed by atoms with van der Waals surface area (Å²) < 4.78 is 0. The number of ketones is 1. The van der Waals surface area contributed by atoms with Gasteiger partial charge in [0.05, 0.1) is 23.3 Å². The quantitative estimate of drug-likeness (QED) is 0.352. The van der Waals surface area contributed by atoms with Crippen LogP contribution in [0.5, 0.6) is 0 Å². The van der Waals surface area contributed by atoms with Crippen LogP contribution < -0.4 is 5.73 Å². The van der Waals surface area contributed by atoms with E-state index in [9.17, 15) is 14.4 Å². The Morgan fingerprint density at radius 3 is 2.54 bits per heavy atom. The van der Waals surface area contributed by atoms with Gasteiger partial charge in [-0.05, 0) is 30.3 Å². The fourth-order valence-electron chi connectivity index (χ4n) is 4.20. The number of aromatic nitrogens is 3. The maximum atomic E-state index is 13.2. The van der Waals surface area contributed by atoms with Gasteiger partial charge in [0.25, 0.3) is 17.6 Å². The van der Waals surface area contributed by atoms with Crippen molar-refractivity contribution in [3.63, 3.8) is 0 Å². The van der Waals surface area contributed by atoms with Gasteiger partial charge in [-0.15, -0.1) is 0 Å². The smallest absolute Gasteiger partial charge is 0.299 e. The van der Waals surface area contributed by atoms with Gasteiger partial charge in [-0.25, -0.2) is 4.98 Å². The standard InChI is InChI=1S/C26H22N6O3/c1-16-15-31(25(34)17-6-3-2-4-7-17)12-13-32(16)26(35)24(33)19-14-29-22-18(19)10-11-28-23(22)20-8-5-9-21(27)30-20/h2-11,14,29H,1,12-13,15H2,(H2,27,30). The van der Waals surface area contributed by atoms with Crippen molar-refractivity contribution in [2.45, 2.75) is 0 Å². The third-order valence-corrected chi connectivity index (χ3v) is 5.96. The molecule has 0 radical (unpaired) electrons. The number of amides is 2. The van der Waals surface area contributed by atoms with Crippen molar-refractivity contribution >= 4 is 34.3 Å². The van der Waals surface area contributed by atoms with Crippen LogP contribution in [0.25, 0.3) is 22.3 Å². The van der Waals surface area contributed by atoms with Crippen LogP contribution in [0.4, 0.5) is 5.82 Å². The summed E-state index contributed by atoms with van der Waals surface area (Å²) in [7, 11) is 0. The summed E-state index contributed by atoms with van der Waals surface area (Å²) in [5.41, 5.74) is 8.65. The van der Waals surface area contributed by atoms with Gasteiger partial charge in [0.15, 0.2) is 0 Å². The van der Waals surface area contributed by atoms with Crippen LogP contribution in [-0.2, 0) is 4.79 Å². The Kier molecular flexibility index (Phi) is 5.58. The molecule has 0 atom stereocenters. The molecule has 0 spiro atoms. The zero-order valence-electron chi connectivity index (χ0n) is 18.8. The molecule has 9 nitrogen and oxygen atoms in total. The fourth-order valence-corrected chi connectivity index (χ4v) is 4.20. The average Bonchev–Trinajstić information content (AvgIpc) is 3.32. The first-order valence-corrected chi connectivity index (χ1v) is 11.0. The number of piperazine rings is 1. The first kappa shape index (κ1) is 22.0. The van der Waals surface area contributed by atoms with Crippen molar-refractivity contribution in [3.8, 4) is 11.4 Å². The first-order chi connectivity index (χ1) is 16.9. The van der Waals surface area contributed by atoms with Gasteiger partial charge in [0.2, 0.25) is 0 Å². The molecule has 1 aliphatic heterocycles.